The second kappa shape index (κ2) is 5.66. The number of rotatable bonds is 4. The van der Waals surface area contributed by atoms with E-state index in [4.69, 9.17) is 4.98 Å². The van der Waals surface area contributed by atoms with Crippen LogP contribution in [0, 0.1) is 0 Å². The quantitative estimate of drug-likeness (QED) is 0.785. The van der Waals surface area contributed by atoms with Crippen LogP contribution in [0.5, 0.6) is 0 Å². The second-order valence-corrected chi connectivity index (χ2v) is 6.43. The molecule has 0 saturated heterocycles. The zero-order valence-corrected chi connectivity index (χ0v) is 12.8. The van der Waals surface area contributed by atoms with E-state index in [1.165, 1.54) is 16.8 Å². The molecule has 20 heavy (non-hydrogen) atoms. The Labute approximate surface area is 122 Å². The molecule has 1 aromatic rings. The molecule has 0 aromatic carbocycles. The number of fused-ring (bicyclic) bond motifs is 1. The van der Waals surface area contributed by atoms with Gasteiger partial charge in [0, 0.05) is 44.5 Å². The van der Waals surface area contributed by atoms with Crippen molar-refractivity contribution in [3.05, 3.63) is 41.2 Å². The molecule has 0 saturated carbocycles. The van der Waals surface area contributed by atoms with Gasteiger partial charge in [-0.05, 0) is 38.3 Å². The molecule has 2 aliphatic heterocycles. The third kappa shape index (κ3) is 2.79. The molecule has 0 spiro atoms. The van der Waals surface area contributed by atoms with Gasteiger partial charge in [-0.25, -0.2) is 0 Å². The van der Waals surface area contributed by atoms with Crippen molar-refractivity contribution in [2.24, 2.45) is 0 Å². The van der Waals surface area contributed by atoms with E-state index < -0.39 is 0 Å². The van der Waals surface area contributed by atoms with Crippen molar-refractivity contribution in [2.45, 2.75) is 52.4 Å². The summed E-state index contributed by atoms with van der Waals surface area (Å²) in [6, 6.07) is 3.57. The fourth-order valence-electron chi connectivity index (χ4n) is 3.14. The summed E-state index contributed by atoms with van der Waals surface area (Å²) in [4.78, 5) is 9.68. The van der Waals surface area contributed by atoms with E-state index in [0.29, 0.717) is 12.1 Å². The van der Waals surface area contributed by atoms with Crippen LogP contribution >= 0.6 is 0 Å². The highest BCUT2D eigenvalue weighted by Gasteiger charge is 2.23. The average Bonchev–Trinajstić information content (AvgIpc) is 3.07. The van der Waals surface area contributed by atoms with Crippen molar-refractivity contribution in [1.29, 1.82) is 0 Å². The summed E-state index contributed by atoms with van der Waals surface area (Å²) in [7, 11) is 0. The summed E-state index contributed by atoms with van der Waals surface area (Å²) in [5.41, 5.74) is 4.09. The molecule has 2 aliphatic rings. The van der Waals surface area contributed by atoms with Crippen molar-refractivity contribution < 1.29 is 0 Å². The molecule has 0 fully saturated rings. The molecule has 3 nitrogen and oxygen atoms in total. The lowest BCUT2D eigenvalue weighted by atomic mass is 10.1. The number of pyridine rings is 1. The largest absolute Gasteiger partial charge is 0.293 e. The van der Waals surface area contributed by atoms with Crippen LogP contribution in [-0.4, -0.2) is 40.0 Å². The van der Waals surface area contributed by atoms with E-state index >= 15 is 0 Å². The maximum Gasteiger partial charge on any atom is 0.0589 e. The minimum Gasteiger partial charge on any atom is -0.293 e. The van der Waals surface area contributed by atoms with E-state index in [-0.39, 0.29) is 0 Å². The van der Waals surface area contributed by atoms with E-state index in [9.17, 15) is 0 Å². The van der Waals surface area contributed by atoms with Crippen molar-refractivity contribution in [3.63, 3.8) is 0 Å². The van der Waals surface area contributed by atoms with Gasteiger partial charge in [0.2, 0.25) is 0 Å². The van der Waals surface area contributed by atoms with Crippen LogP contribution in [0.4, 0.5) is 0 Å². The smallest absolute Gasteiger partial charge is 0.0589 e. The Kier molecular flexibility index (Phi) is 3.90. The van der Waals surface area contributed by atoms with Crippen LogP contribution in [0.3, 0.4) is 0 Å². The third-order valence-electron chi connectivity index (χ3n) is 4.57. The van der Waals surface area contributed by atoms with Gasteiger partial charge < -0.3 is 0 Å². The van der Waals surface area contributed by atoms with E-state index in [1.54, 1.807) is 0 Å². The molecule has 3 heterocycles. The van der Waals surface area contributed by atoms with Gasteiger partial charge in [-0.3, -0.25) is 14.8 Å². The highest BCUT2D eigenvalue weighted by Crippen LogP contribution is 2.24. The molecule has 0 amide bonds. The molecule has 1 unspecified atom stereocenters. The summed E-state index contributed by atoms with van der Waals surface area (Å²) >= 11 is 0. The molecule has 0 radical (unpaired) electrons. The third-order valence-corrected chi connectivity index (χ3v) is 4.57. The average molecular weight is 271 g/mol. The van der Waals surface area contributed by atoms with Gasteiger partial charge in [0.1, 0.15) is 0 Å². The van der Waals surface area contributed by atoms with Crippen molar-refractivity contribution in [2.75, 3.05) is 13.1 Å². The van der Waals surface area contributed by atoms with Gasteiger partial charge in [-0.1, -0.05) is 18.2 Å². The zero-order valence-electron chi connectivity index (χ0n) is 12.8. The molecule has 1 aromatic heterocycles. The van der Waals surface area contributed by atoms with E-state index in [1.807, 2.05) is 0 Å². The number of nitrogens with zero attached hydrogens (tertiary/aromatic N) is 3. The predicted octanol–water partition coefficient (Wildman–Crippen LogP) is 2.61. The summed E-state index contributed by atoms with van der Waals surface area (Å²) in [5, 5.41) is 0. The van der Waals surface area contributed by atoms with Crippen LogP contribution < -0.4 is 0 Å². The first-order valence-electron chi connectivity index (χ1n) is 7.73. The monoisotopic (exact) mass is 271 g/mol. The van der Waals surface area contributed by atoms with Crippen LogP contribution in [0.15, 0.2) is 24.4 Å². The lowest BCUT2D eigenvalue weighted by Gasteiger charge is -2.23. The normalized spacial score (nSPS) is 20.8. The summed E-state index contributed by atoms with van der Waals surface area (Å²) < 4.78 is 0. The Morgan fingerprint density at radius 2 is 1.85 bits per heavy atom. The molecule has 0 N–H and O–H groups in total. The van der Waals surface area contributed by atoms with Crippen LogP contribution in [0.25, 0.3) is 0 Å². The Morgan fingerprint density at radius 3 is 2.55 bits per heavy atom. The zero-order chi connectivity index (χ0) is 14.1. The minimum absolute atomic E-state index is 0.590. The SMILES string of the molecule is CC(C)N1Cc2cc(CC(C)N3CC=CC3)cnc2C1. The Morgan fingerprint density at radius 1 is 1.10 bits per heavy atom. The topological polar surface area (TPSA) is 19.4 Å². The molecular formula is C17H25N3. The maximum absolute atomic E-state index is 4.70. The van der Waals surface area contributed by atoms with E-state index in [2.05, 4.69) is 55.0 Å². The standard InChI is InChI=1S/C17H25N3/c1-13(2)20-11-16-9-15(10-18-17(16)12-20)8-14(3)19-6-4-5-7-19/h4-5,9-10,13-14H,6-8,11-12H2,1-3H3. The van der Waals surface area contributed by atoms with Gasteiger partial charge in [-0.2, -0.15) is 0 Å². The van der Waals surface area contributed by atoms with E-state index in [0.717, 1.165) is 32.6 Å². The first kappa shape index (κ1) is 13.8. The summed E-state index contributed by atoms with van der Waals surface area (Å²) in [5.74, 6) is 0. The van der Waals surface area contributed by atoms with Gasteiger partial charge in [0.15, 0.2) is 0 Å². The van der Waals surface area contributed by atoms with Crippen molar-refractivity contribution in [1.82, 2.24) is 14.8 Å². The van der Waals surface area contributed by atoms with Crippen LogP contribution in [0.1, 0.15) is 37.6 Å². The molecule has 3 rings (SSSR count). The predicted molar refractivity (Wildman–Crippen MR) is 82.5 cm³/mol. The Bertz CT molecular complexity index is 499. The van der Waals surface area contributed by atoms with Gasteiger partial charge in [0.25, 0.3) is 0 Å². The van der Waals surface area contributed by atoms with Crippen molar-refractivity contribution >= 4 is 0 Å². The maximum atomic E-state index is 4.70. The first-order chi connectivity index (χ1) is 9.63. The van der Waals surface area contributed by atoms with Gasteiger partial charge >= 0.3 is 0 Å². The molecule has 3 heteroatoms. The molecule has 0 aliphatic carbocycles. The highest BCUT2D eigenvalue weighted by atomic mass is 15.2. The van der Waals surface area contributed by atoms with Crippen LogP contribution in [-0.2, 0) is 19.5 Å². The second-order valence-electron chi connectivity index (χ2n) is 6.43. The first-order valence-corrected chi connectivity index (χ1v) is 7.73. The Balaban J connectivity index is 1.66. The van der Waals surface area contributed by atoms with Gasteiger partial charge in [0.05, 0.1) is 5.69 Å². The number of hydrogen-bond donors (Lipinski definition) is 0. The molecule has 108 valence electrons. The minimum atomic E-state index is 0.590. The lowest BCUT2D eigenvalue weighted by molar-refractivity contribution is 0.226. The fraction of sp³-hybridized carbons (Fsp3) is 0.588. The molecule has 1 atom stereocenters. The molecule has 0 bridgehead atoms. The highest BCUT2D eigenvalue weighted by molar-refractivity contribution is 5.29. The number of hydrogen-bond acceptors (Lipinski definition) is 3. The van der Waals surface area contributed by atoms with Crippen molar-refractivity contribution in [3.8, 4) is 0 Å². The summed E-state index contributed by atoms with van der Waals surface area (Å²) in [6.07, 6.45) is 7.71. The van der Waals surface area contributed by atoms with Gasteiger partial charge in [-0.15, -0.1) is 0 Å². The summed E-state index contributed by atoms with van der Waals surface area (Å²) in [6.45, 7) is 11.1. The lowest BCUT2D eigenvalue weighted by Crippen LogP contribution is -2.32. The molecular weight excluding hydrogens is 246 g/mol. The Hall–Kier alpha value is -1.19. The fourth-order valence-corrected chi connectivity index (χ4v) is 3.14. The number of aromatic nitrogens is 1. The van der Waals surface area contributed by atoms with Crippen LogP contribution in [0.2, 0.25) is 0 Å².